The first-order valence-electron chi connectivity index (χ1n) is 8.23. The van der Waals surface area contributed by atoms with Crippen molar-refractivity contribution < 1.29 is 4.74 Å². The van der Waals surface area contributed by atoms with Crippen molar-refractivity contribution in [3.8, 4) is 0 Å². The van der Waals surface area contributed by atoms with Crippen LogP contribution in [0.2, 0.25) is 0 Å². The van der Waals surface area contributed by atoms with Crippen LogP contribution in [0.3, 0.4) is 0 Å². The fourth-order valence-corrected chi connectivity index (χ4v) is 2.98. The van der Waals surface area contributed by atoms with Crippen LogP contribution in [-0.4, -0.2) is 36.3 Å². The lowest BCUT2D eigenvalue weighted by Crippen LogP contribution is -2.37. The number of para-hydroxylation sites is 1. The van der Waals surface area contributed by atoms with Crippen LogP contribution in [0.1, 0.15) is 5.56 Å². The monoisotopic (exact) mass is 320 g/mol. The lowest BCUT2D eigenvalue weighted by Gasteiger charge is -2.29. The summed E-state index contributed by atoms with van der Waals surface area (Å²) < 4.78 is 5.47. The van der Waals surface area contributed by atoms with Crippen molar-refractivity contribution in [2.45, 2.75) is 6.92 Å². The molecule has 1 aliphatic heterocycles. The van der Waals surface area contributed by atoms with E-state index in [4.69, 9.17) is 9.72 Å². The second kappa shape index (κ2) is 6.45. The lowest BCUT2D eigenvalue weighted by molar-refractivity contribution is 0.122. The Balaban J connectivity index is 1.76. The first kappa shape index (κ1) is 14.9. The molecule has 0 amide bonds. The van der Waals surface area contributed by atoms with Gasteiger partial charge in [0, 0.05) is 24.2 Å². The highest BCUT2D eigenvalue weighted by Gasteiger charge is 2.17. The number of nitrogens with one attached hydrogen (secondary N) is 1. The number of hydrogen-bond acceptors (Lipinski definition) is 5. The average Bonchev–Trinajstić information content (AvgIpc) is 2.62. The van der Waals surface area contributed by atoms with E-state index in [1.54, 1.807) is 0 Å². The molecule has 0 radical (unpaired) electrons. The minimum Gasteiger partial charge on any atom is -0.378 e. The van der Waals surface area contributed by atoms with E-state index < -0.39 is 0 Å². The van der Waals surface area contributed by atoms with E-state index in [0.717, 1.165) is 48.7 Å². The average molecular weight is 320 g/mol. The van der Waals surface area contributed by atoms with Crippen LogP contribution in [0.15, 0.2) is 48.5 Å². The summed E-state index contributed by atoms with van der Waals surface area (Å²) in [6.07, 6.45) is 0. The number of fused-ring (bicyclic) bond motifs is 1. The molecular formula is C19H20N4O. The Morgan fingerprint density at radius 1 is 1.00 bits per heavy atom. The van der Waals surface area contributed by atoms with E-state index in [9.17, 15) is 0 Å². The number of nitrogens with zero attached hydrogens (tertiary/aromatic N) is 3. The predicted molar refractivity (Wildman–Crippen MR) is 97.0 cm³/mol. The van der Waals surface area contributed by atoms with Gasteiger partial charge in [0.15, 0.2) is 0 Å². The molecule has 3 aromatic rings. The normalized spacial score (nSPS) is 14.8. The highest BCUT2D eigenvalue weighted by Crippen LogP contribution is 2.27. The van der Waals surface area contributed by atoms with Gasteiger partial charge in [0.25, 0.3) is 0 Å². The minimum atomic E-state index is 0.626. The summed E-state index contributed by atoms with van der Waals surface area (Å²) in [6, 6.07) is 16.4. The molecule has 4 rings (SSSR count). The van der Waals surface area contributed by atoms with E-state index in [0.29, 0.717) is 5.95 Å². The van der Waals surface area contributed by atoms with E-state index in [1.165, 1.54) is 5.56 Å². The highest BCUT2D eigenvalue weighted by molar-refractivity contribution is 5.90. The van der Waals surface area contributed by atoms with Crippen LogP contribution in [0, 0.1) is 6.92 Å². The van der Waals surface area contributed by atoms with Gasteiger partial charge in [-0.05, 0) is 36.8 Å². The molecule has 24 heavy (non-hydrogen) atoms. The largest absolute Gasteiger partial charge is 0.378 e. The lowest BCUT2D eigenvalue weighted by atomic mass is 10.2. The summed E-state index contributed by atoms with van der Waals surface area (Å²) in [4.78, 5) is 11.7. The van der Waals surface area contributed by atoms with Crippen LogP contribution in [0.4, 0.5) is 17.5 Å². The Labute approximate surface area is 141 Å². The third kappa shape index (κ3) is 3.03. The molecule has 1 aromatic heterocycles. The van der Waals surface area contributed by atoms with Gasteiger partial charge in [0.05, 0.1) is 18.7 Å². The fraction of sp³-hybridized carbons (Fsp3) is 0.263. The molecular weight excluding hydrogens is 300 g/mol. The van der Waals surface area contributed by atoms with Gasteiger partial charge < -0.3 is 15.0 Å². The van der Waals surface area contributed by atoms with Crippen molar-refractivity contribution in [3.63, 3.8) is 0 Å². The SMILES string of the molecule is Cc1cccc(Nc2nc(N3CCOCC3)c3ccccc3n2)c1. The number of aryl methyl sites for hydroxylation is 1. The van der Waals surface area contributed by atoms with Gasteiger partial charge in [-0.25, -0.2) is 4.98 Å². The summed E-state index contributed by atoms with van der Waals surface area (Å²) in [7, 11) is 0. The molecule has 1 fully saturated rings. The molecule has 2 aromatic carbocycles. The number of anilines is 3. The highest BCUT2D eigenvalue weighted by atomic mass is 16.5. The third-order valence-electron chi connectivity index (χ3n) is 4.17. The first-order valence-corrected chi connectivity index (χ1v) is 8.23. The Bertz CT molecular complexity index is 859. The second-order valence-corrected chi connectivity index (χ2v) is 5.98. The number of rotatable bonds is 3. The molecule has 1 aliphatic rings. The molecule has 0 spiro atoms. The fourth-order valence-electron chi connectivity index (χ4n) is 2.98. The molecule has 1 N–H and O–H groups in total. The molecule has 5 heteroatoms. The van der Waals surface area contributed by atoms with Crippen molar-refractivity contribution in [2.24, 2.45) is 0 Å². The minimum absolute atomic E-state index is 0.626. The number of morpholine rings is 1. The van der Waals surface area contributed by atoms with Crippen molar-refractivity contribution in [1.29, 1.82) is 0 Å². The van der Waals surface area contributed by atoms with Gasteiger partial charge in [-0.15, -0.1) is 0 Å². The number of ether oxygens (including phenoxy) is 1. The first-order chi connectivity index (χ1) is 11.8. The van der Waals surface area contributed by atoms with Crippen LogP contribution in [0.25, 0.3) is 10.9 Å². The molecule has 0 saturated carbocycles. The van der Waals surface area contributed by atoms with E-state index in [2.05, 4.69) is 40.3 Å². The van der Waals surface area contributed by atoms with Crippen molar-refractivity contribution >= 4 is 28.4 Å². The standard InChI is InChI=1S/C19H20N4O/c1-14-5-4-6-15(13-14)20-19-21-17-8-3-2-7-16(17)18(22-19)23-9-11-24-12-10-23/h2-8,13H,9-12H2,1H3,(H,20,21,22). The smallest absolute Gasteiger partial charge is 0.229 e. The molecule has 0 bridgehead atoms. The maximum atomic E-state index is 5.47. The maximum absolute atomic E-state index is 5.47. The van der Waals surface area contributed by atoms with E-state index >= 15 is 0 Å². The summed E-state index contributed by atoms with van der Waals surface area (Å²) in [5, 5.41) is 4.41. The molecule has 122 valence electrons. The Morgan fingerprint density at radius 3 is 2.67 bits per heavy atom. The molecule has 0 atom stereocenters. The van der Waals surface area contributed by atoms with Crippen LogP contribution >= 0.6 is 0 Å². The Kier molecular flexibility index (Phi) is 4.01. The second-order valence-electron chi connectivity index (χ2n) is 5.98. The topological polar surface area (TPSA) is 50.3 Å². The third-order valence-corrected chi connectivity index (χ3v) is 4.17. The molecule has 0 aliphatic carbocycles. The van der Waals surface area contributed by atoms with Crippen LogP contribution in [-0.2, 0) is 4.74 Å². The zero-order valence-corrected chi connectivity index (χ0v) is 13.7. The van der Waals surface area contributed by atoms with Crippen molar-refractivity contribution in [2.75, 3.05) is 36.5 Å². The zero-order chi connectivity index (χ0) is 16.4. The van der Waals surface area contributed by atoms with Gasteiger partial charge >= 0.3 is 0 Å². The summed E-state index contributed by atoms with van der Waals surface area (Å²) in [6.45, 7) is 5.25. The van der Waals surface area contributed by atoms with E-state index in [1.807, 2.05) is 30.3 Å². The summed E-state index contributed by atoms with van der Waals surface area (Å²) in [5.74, 6) is 1.60. The van der Waals surface area contributed by atoms with E-state index in [-0.39, 0.29) is 0 Å². The van der Waals surface area contributed by atoms with Gasteiger partial charge in [-0.3, -0.25) is 0 Å². The van der Waals surface area contributed by atoms with Gasteiger partial charge in [-0.1, -0.05) is 24.3 Å². The predicted octanol–water partition coefficient (Wildman–Crippen LogP) is 3.52. The molecule has 5 nitrogen and oxygen atoms in total. The van der Waals surface area contributed by atoms with Gasteiger partial charge in [0.1, 0.15) is 5.82 Å². The van der Waals surface area contributed by atoms with Crippen molar-refractivity contribution in [3.05, 3.63) is 54.1 Å². The summed E-state index contributed by atoms with van der Waals surface area (Å²) in [5.41, 5.74) is 3.15. The van der Waals surface area contributed by atoms with Gasteiger partial charge in [0.2, 0.25) is 5.95 Å². The molecule has 0 unspecified atom stereocenters. The van der Waals surface area contributed by atoms with Crippen LogP contribution in [0.5, 0.6) is 0 Å². The zero-order valence-electron chi connectivity index (χ0n) is 13.7. The summed E-state index contributed by atoms with van der Waals surface area (Å²) >= 11 is 0. The quantitative estimate of drug-likeness (QED) is 0.800. The van der Waals surface area contributed by atoms with Gasteiger partial charge in [-0.2, -0.15) is 4.98 Å². The number of benzene rings is 2. The Morgan fingerprint density at radius 2 is 1.83 bits per heavy atom. The number of aromatic nitrogens is 2. The Hall–Kier alpha value is -2.66. The maximum Gasteiger partial charge on any atom is 0.229 e. The van der Waals surface area contributed by atoms with Crippen molar-refractivity contribution in [1.82, 2.24) is 9.97 Å². The molecule has 1 saturated heterocycles. The van der Waals surface area contributed by atoms with Crippen LogP contribution < -0.4 is 10.2 Å². The molecule has 2 heterocycles. The number of hydrogen-bond donors (Lipinski definition) is 1.